The van der Waals surface area contributed by atoms with Gasteiger partial charge < -0.3 is 0 Å². The molecule has 35 heavy (non-hydrogen) atoms. The maximum absolute atomic E-state index is 14.3. The molecule has 0 unspecified atom stereocenters. The largest absolute Gasteiger partial charge is 0.271 e. The van der Waals surface area contributed by atoms with Crippen LogP contribution in [0, 0.1) is 24.7 Å². The molecule has 3 aromatic rings. The lowest BCUT2D eigenvalue weighted by Crippen LogP contribution is -2.40. The minimum absolute atomic E-state index is 0.178. The van der Waals surface area contributed by atoms with E-state index in [1.54, 1.807) is 0 Å². The summed E-state index contributed by atoms with van der Waals surface area (Å²) < 4.78 is 0. The van der Waals surface area contributed by atoms with Gasteiger partial charge in [-0.3, -0.25) is 9.59 Å². The number of nitrogens with zero attached hydrogens (tertiary/aromatic N) is 4. The number of carbonyl (C=O) groups excluding carboxylic acids is 2. The van der Waals surface area contributed by atoms with Crippen LogP contribution < -0.4 is 10.0 Å². The van der Waals surface area contributed by atoms with Crippen LogP contribution in [-0.4, -0.2) is 23.2 Å². The number of amides is 2. The maximum atomic E-state index is 14.3. The molecule has 2 heterocycles. The van der Waals surface area contributed by atoms with Crippen LogP contribution in [-0.2, 0) is 9.59 Å². The molecular formula is C29H26N4O2. The number of fused-ring (bicyclic) bond motifs is 1. The monoisotopic (exact) mass is 462 g/mol. The summed E-state index contributed by atoms with van der Waals surface area (Å²) >= 11 is 0. The van der Waals surface area contributed by atoms with Crippen LogP contribution in [0.25, 0.3) is 0 Å². The lowest BCUT2D eigenvalue weighted by Gasteiger charge is -2.18. The van der Waals surface area contributed by atoms with Gasteiger partial charge in [0.05, 0.1) is 22.8 Å². The van der Waals surface area contributed by atoms with E-state index >= 15 is 0 Å². The molecule has 2 aliphatic heterocycles. The van der Waals surface area contributed by atoms with Gasteiger partial charge >= 0.3 is 0 Å². The summed E-state index contributed by atoms with van der Waals surface area (Å²) in [5.41, 5.74) is 3.60. The minimum Gasteiger partial charge on any atom is -0.271 e. The highest BCUT2D eigenvalue weighted by molar-refractivity contribution is 6.37. The molecule has 3 aliphatic rings. The first-order valence-electron chi connectivity index (χ1n) is 11.8. The highest BCUT2D eigenvalue weighted by Crippen LogP contribution is 2.79. The number of para-hydroxylation sites is 2. The van der Waals surface area contributed by atoms with Gasteiger partial charge in [-0.05, 0) is 57.5 Å². The topological polar surface area (TPSA) is 65.3 Å². The van der Waals surface area contributed by atoms with Crippen molar-refractivity contribution in [2.75, 3.05) is 10.0 Å². The van der Waals surface area contributed by atoms with Crippen LogP contribution in [0.3, 0.4) is 0 Å². The molecule has 1 fully saturated rings. The van der Waals surface area contributed by atoms with E-state index in [1.165, 1.54) is 10.0 Å². The summed E-state index contributed by atoms with van der Waals surface area (Å²) in [6.07, 6.45) is 0. The standard InChI is InChI=1S/C29H26N4O2/c1-18-15-19(2)17-22(16-18)25-28(20(3)30-32(26(28)34)23-11-7-5-8-12-23)29(25)21(4)31-33(27(29)35)24-13-9-6-10-14-24/h5-17,25H,1-4H3/t28-,29-/m0/s1. The maximum Gasteiger partial charge on any atom is 0.261 e. The zero-order valence-electron chi connectivity index (χ0n) is 20.2. The smallest absolute Gasteiger partial charge is 0.261 e. The third-order valence-electron chi connectivity index (χ3n) is 7.68. The van der Waals surface area contributed by atoms with E-state index in [0.29, 0.717) is 22.8 Å². The summed E-state index contributed by atoms with van der Waals surface area (Å²) in [6.45, 7) is 7.83. The number of hydrogen-bond acceptors (Lipinski definition) is 4. The number of hydrogen-bond donors (Lipinski definition) is 0. The van der Waals surface area contributed by atoms with Gasteiger partial charge in [-0.1, -0.05) is 65.7 Å². The molecule has 6 heteroatoms. The molecule has 3 aromatic carbocycles. The van der Waals surface area contributed by atoms with E-state index in [-0.39, 0.29) is 17.7 Å². The summed E-state index contributed by atoms with van der Waals surface area (Å²) in [5.74, 6) is -0.741. The van der Waals surface area contributed by atoms with Crippen molar-refractivity contribution in [3.63, 3.8) is 0 Å². The molecular weight excluding hydrogens is 436 g/mol. The Hall–Kier alpha value is -4.06. The Bertz CT molecular complexity index is 1340. The molecule has 6 rings (SSSR count). The summed E-state index contributed by atoms with van der Waals surface area (Å²) in [4.78, 5) is 28.7. The van der Waals surface area contributed by atoms with Crippen molar-refractivity contribution >= 4 is 34.6 Å². The number of rotatable bonds is 3. The van der Waals surface area contributed by atoms with Crippen LogP contribution in [0.2, 0.25) is 0 Å². The number of anilines is 2. The third-order valence-corrected chi connectivity index (χ3v) is 7.68. The average molecular weight is 463 g/mol. The normalized spacial score (nSPS) is 27.1. The lowest BCUT2D eigenvalue weighted by molar-refractivity contribution is -0.126. The molecule has 0 aromatic heterocycles. The lowest BCUT2D eigenvalue weighted by atomic mass is 9.85. The molecule has 0 saturated heterocycles. The second kappa shape index (κ2) is 7.22. The van der Waals surface area contributed by atoms with Gasteiger partial charge in [-0.25, -0.2) is 0 Å². The van der Waals surface area contributed by atoms with Crippen LogP contribution in [0.15, 0.2) is 89.1 Å². The minimum atomic E-state index is -1.11. The predicted molar refractivity (Wildman–Crippen MR) is 138 cm³/mol. The van der Waals surface area contributed by atoms with Crippen molar-refractivity contribution in [3.8, 4) is 0 Å². The molecule has 2 atom stereocenters. The Morgan fingerprint density at radius 3 is 1.43 bits per heavy atom. The first-order valence-corrected chi connectivity index (χ1v) is 11.8. The highest BCUT2D eigenvalue weighted by atomic mass is 16.2. The van der Waals surface area contributed by atoms with E-state index in [4.69, 9.17) is 10.2 Å². The number of carbonyl (C=O) groups is 2. The fourth-order valence-corrected chi connectivity index (χ4v) is 6.40. The zero-order chi connectivity index (χ0) is 24.5. The number of benzene rings is 3. The quantitative estimate of drug-likeness (QED) is 0.536. The molecule has 6 nitrogen and oxygen atoms in total. The Morgan fingerprint density at radius 2 is 1.03 bits per heavy atom. The van der Waals surface area contributed by atoms with E-state index < -0.39 is 10.8 Å². The van der Waals surface area contributed by atoms with E-state index in [2.05, 4.69) is 18.2 Å². The Labute approximate surface area is 204 Å². The second-order valence-electron chi connectivity index (χ2n) is 9.75. The Morgan fingerprint density at radius 1 is 0.629 bits per heavy atom. The van der Waals surface area contributed by atoms with Gasteiger partial charge in [0.1, 0.15) is 10.8 Å². The molecule has 1 aliphatic carbocycles. The fraction of sp³-hybridized carbons (Fsp3) is 0.241. The van der Waals surface area contributed by atoms with Crippen LogP contribution >= 0.6 is 0 Å². The second-order valence-corrected chi connectivity index (χ2v) is 9.75. The van der Waals surface area contributed by atoms with Gasteiger partial charge in [-0.2, -0.15) is 20.2 Å². The van der Waals surface area contributed by atoms with Gasteiger partial charge in [0.2, 0.25) is 0 Å². The summed E-state index contributed by atoms with van der Waals surface area (Å²) in [5, 5.41) is 12.4. The molecule has 0 bridgehead atoms. The molecule has 1 saturated carbocycles. The van der Waals surface area contributed by atoms with Crippen LogP contribution in [0.5, 0.6) is 0 Å². The van der Waals surface area contributed by atoms with Gasteiger partial charge in [0.15, 0.2) is 0 Å². The number of hydrazone groups is 2. The first-order chi connectivity index (χ1) is 16.8. The van der Waals surface area contributed by atoms with E-state index in [9.17, 15) is 9.59 Å². The molecule has 0 radical (unpaired) electrons. The van der Waals surface area contributed by atoms with Crippen molar-refractivity contribution in [3.05, 3.63) is 95.6 Å². The predicted octanol–water partition coefficient (Wildman–Crippen LogP) is 5.22. The third kappa shape index (κ3) is 2.59. The molecule has 2 amide bonds. The van der Waals surface area contributed by atoms with Gasteiger partial charge in [0.25, 0.3) is 11.8 Å². The van der Waals surface area contributed by atoms with Crippen molar-refractivity contribution in [2.24, 2.45) is 21.0 Å². The van der Waals surface area contributed by atoms with Crippen molar-refractivity contribution in [2.45, 2.75) is 33.6 Å². The molecule has 0 N–H and O–H groups in total. The van der Waals surface area contributed by atoms with Gasteiger partial charge in [0, 0.05) is 5.92 Å². The van der Waals surface area contributed by atoms with Crippen molar-refractivity contribution in [1.82, 2.24) is 0 Å². The van der Waals surface area contributed by atoms with E-state index in [1.807, 2.05) is 88.4 Å². The van der Waals surface area contributed by atoms with Crippen LogP contribution in [0.4, 0.5) is 11.4 Å². The highest BCUT2D eigenvalue weighted by Gasteiger charge is 2.91. The summed E-state index contributed by atoms with van der Waals surface area (Å²) in [6, 6.07) is 25.1. The van der Waals surface area contributed by atoms with Crippen molar-refractivity contribution in [1.29, 1.82) is 0 Å². The van der Waals surface area contributed by atoms with Crippen LogP contribution in [0.1, 0.15) is 36.5 Å². The molecule has 2 spiro atoms. The molecule has 174 valence electrons. The average Bonchev–Trinajstić information content (AvgIpc) is 3.33. The van der Waals surface area contributed by atoms with Gasteiger partial charge in [-0.15, -0.1) is 0 Å². The Balaban J connectivity index is 1.56. The zero-order valence-corrected chi connectivity index (χ0v) is 20.2. The van der Waals surface area contributed by atoms with Crippen molar-refractivity contribution < 1.29 is 9.59 Å². The first kappa shape index (κ1) is 21.5. The van der Waals surface area contributed by atoms with E-state index in [0.717, 1.165) is 16.7 Å². The summed E-state index contributed by atoms with van der Waals surface area (Å²) in [7, 11) is 0. The SMILES string of the molecule is CC1=NN(c2ccccc2)C(=O)[C@@]12C(c1cc(C)cc(C)c1)[C@@]21C(=O)N(c2ccccc2)N=C1C. The Kier molecular flexibility index (Phi) is 4.43. The number of aryl methyl sites for hydroxylation is 2. The fourth-order valence-electron chi connectivity index (χ4n) is 6.40.